The Balaban J connectivity index is 1.77. The molecular formula is C15H13N3O2. The van der Waals surface area contributed by atoms with Crippen LogP contribution in [0.25, 0.3) is 0 Å². The number of para-hydroxylation sites is 1. The van der Waals surface area contributed by atoms with Gasteiger partial charge in [-0.3, -0.25) is 4.79 Å². The summed E-state index contributed by atoms with van der Waals surface area (Å²) in [7, 11) is 0. The maximum absolute atomic E-state index is 11.7. The van der Waals surface area contributed by atoms with E-state index in [4.69, 9.17) is 10.5 Å². The molecule has 20 heavy (non-hydrogen) atoms. The number of hydrogen-bond donors (Lipinski definition) is 1. The number of benzene rings is 2. The van der Waals surface area contributed by atoms with Crippen LogP contribution in [0, 0.1) is 0 Å². The van der Waals surface area contributed by atoms with Crippen molar-refractivity contribution in [2.45, 2.75) is 6.42 Å². The molecule has 0 aromatic heterocycles. The number of amidine groups is 1. The summed E-state index contributed by atoms with van der Waals surface area (Å²) < 4.78 is 5.68. The molecule has 2 aromatic rings. The van der Waals surface area contributed by atoms with Gasteiger partial charge in [0.1, 0.15) is 17.3 Å². The number of hydrogen-bond acceptors (Lipinski definition) is 4. The summed E-state index contributed by atoms with van der Waals surface area (Å²) in [5.41, 5.74) is 6.22. The van der Waals surface area contributed by atoms with Crippen LogP contribution >= 0.6 is 0 Å². The second-order valence-corrected chi connectivity index (χ2v) is 4.38. The molecule has 1 amide bonds. The summed E-state index contributed by atoms with van der Waals surface area (Å²) >= 11 is 0. The van der Waals surface area contributed by atoms with E-state index in [-0.39, 0.29) is 12.3 Å². The summed E-state index contributed by atoms with van der Waals surface area (Å²) in [6.45, 7) is 0. The van der Waals surface area contributed by atoms with Crippen LogP contribution in [0.4, 0.5) is 5.69 Å². The average molecular weight is 267 g/mol. The van der Waals surface area contributed by atoms with Gasteiger partial charge in [-0.1, -0.05) is 18.2 Å². The maximum atomic E-state index is 11.7. The van der Waals surface area contributed by atoms with Gasteiger partial charge in [0.15, 0.2) is 0 Å². The molecule has 0 atom stereocenters. The molecule has 1 aliphatic heterocycles. The van der Waals surface area contributed by atoms with Crippen molar-refractivity contribution in [2.75, 3.05) is 5.01 Å². The van der Waals surface area contributed by atoms with Crippen molar-refractivity contribution in [3.05, 3.63) is 54.6 Å². The van der Waals surface area contributed by atoms with Crippen molar-refractivity contribution < 1.29 is 9.53 Å². The molecule has 0 saturated heterocycles. The highest BCUT2D eigenvalue weighted by Gasteiger charge is 2.23. The monoisotopic (exact) mass is 267 g/mol. The Kier molecular flexibility index (Phi) is 3.09. The van der Waals surface area contributed by atoms with Crippen LogP contribution in [0.5, 0.6) is 11.5 Å². The van der Waals surface area contributed by atoms with Gasteiger partial charge in [-0.15, -0.1) is 0 Å². The molecule has 1 heterocycles. The lowest BCUT2D eigenvalue weighted by Crippen LogP contribution is -2.19. The standard InChI is InChI=1S/C15H13N3O2/c16-14-10-15(19)18(17-14)11-6-8-13(9-7-11)20-12-4-2-1-3-5-12/h1-9H,10H2,(H2,16,17). The average Bonchev–Trinajstić information content (AvgIpc) is 2.80. The Morgan fingerprint density at radius 2 is 1.65 bits per heavy atom. The minimum Gasteiger partial charge on any atom is -0.457 e. The van der Waals surface area contributed by atoms with Crippen molar-refractivity contribution in [3.8, 4) is 11.5 Å². The first-order chi connectivity index (χ1) is 9.72. The van der Waals surface area contributed by atoms with Gasteiger partial charge < -0.3 is 10.5 Å². The number of nitrogens with zero attached hydrogens (tertiary/aromatic N) is 2. The SMILES string of the molecule is NC1=NN(c2ccc(Oc3ccccc3)cc2)C(=O)C1. The zero-order valence-corrected chi connectivity index (χ0v) is 10.7. The lowest BCUT2D eigenvalue weighted by atomic mass is 10.3. The molecule has 0 aliphatic carbocycles. The zero-order valence-electron chi connectivity index (χ0n) is 10.7. The lowest BCUT2D eigenvalue weighted by Gasteiger charge is -2.12. The fourth-order valence-electron chi connectivity index (χ4n) is 1.93. The molecule has 0 bridgehead atoms. The van der Waals surface area contributed by atoms with E-state index in [2.05, 4.69) is 5.10 Å². The first kappa shape index (κ1) is 12.2. The zero-order chi connectivity index (χ0) is 13.9. The highest BCUT2D eigenvalue weighted by atomic mass is 16.5. The van der Waals surface area contributed by atoms with Crippen LogP contribution < -0.4 is 15.5 Å². The maximum Gasteiger partial charge on any atom is 0.255 e. The molecule has 1 aliphatic rings. The predicted molar refractivity (Wildman–Crippen MR) is 76.7 cm³/mol. The Hall–Kier alpha value is -2.82. The number of carbonyl (C=O) groups excluding carboxylic acids is 1. The number of ether oxygens (including phenoxy) is 1. The summed E-state index contributed by atoms with van der Waals surface area (Å²) in [5, 5.41) is 5.30. The summed E-state index contributed by atoms with van der Waals surface area (Å²) in [5.74, 6) is 1.67. The normalized spacial score (nSPS) is 14.3. The largest absolute Gasteiger partial charge is 0.457 e. The second-order valence-electron chi connectivity index (χ2n) is 4.38. The first-order valence-corrected chi connectivity index (χ1v) is 6.21. The van der Waals surface area contributed by atoms with Crippen LogP contribution in [-0.4, -0.2) is 11.7 Å². The molecule has 0 radical (unpaired) electrons. The minimum absolute atomic E-state index is 0.126. The van der Waals surface area contributed by atoms with E-state index < -0.39 is 0 Å². The van der Waals surface area contributed by atoms with Crippen LogP contribution in [0.2, 0.25) is 0 Å². The van der Waals surface area contributed by atoms with Crippen LogP contribution in [-0.2, 0) is 4.79 Å². The highest BCUT2D eigenvalue weighted by Crippen LogP contribution is 2.25. The van der Waals surface area contributed by atoms with Gasteiger partial charge in [-0.05, 0) is 36.4 Å². The van der Waals surface area contributed by atoms with E-state index in [0.717, 1.165) is 5.75 Å². The molecule has 5 heteroatoms. The Morgan fingerprint density at radius 3 is 2.25 bits per heavy atom. The molecule has 0 unspecified atom stereocenters. The fourth-order valence-corrected chi connectivity index (χ4v) is 1.93. The van der Waals surface area contributed by atoms with Gasteiger partial charge in [0.05, 0.1) is 12.1 Å². The molecule has 0 saturated carbocycles. The van der Waals surface area contributed by atoms with E-state index in [1.165, 1.54) is 5.01 Å². The molecule has 5 nitrogen and oxygen atoms in total. The Morgan fingerprint density at radius 1 is 1.00 bits per heavy atom. The third-order valence-electron chi connectivity index (χ3n) is 2.86. The third kappa shape index (κ3) is 2.47. The van der Waals surface area contributed by atoms with E-state index in [9.17, 15) is 4.79 Å². The summed E-state index contributed by atoms with van der Waals surface area (Å²) in [6, 6.07) is 16.6. The number of anilines is 1. The van der Waals surface area contributed by atoms with Crippen molar-refractivity contribution in [1.82, 2.24) is 0 Å². The van der Waals surface area contributed by atoms with Crippen molar-refractivity contribution >= 4 is 17.4 Å². The van der Waals surface area contributed by atoms with Crippen molar-refractivity contribution in [3.63, 3.8) is 0 Å². The predicted octanol–water partition coefficient (Wildman–Crippen LogP) is 2.49. The number of amides is 1. The molecule has 100 valence electrons. The quantitative estimate of drug-likeness (QED) is 0.929. The summed E-state index contributed by atoms with van der Waals surface area (Å²) in [4.78, 5) is 11.7. The van der Waals surface area contributed by atoms with Crippen LogP contribution in [0.1, 0.15) is 6.42 Å². The van der Waals surface area contributed by atoms with E-state index in [1.54, 1.807) is 24.3 Å². The van der Waals surface area contributed by atoms with E-state index in [1.807, 2.05) is 30.3 Å². The van der Waals surface area contributed by atoms with E-state index >= 15 is 0 Å². The van der Waals surface area contributed by atoms with Crippen molar-refractivity contribution in [1.29, 1.82) is 0 Å². The number of rotatable bonds is 3. The number of nitrogens with two attached hydrogens (primary N) is 1. The number of hydrazone groups is 1. The van der Waals surface area contributed by atoms with E-state index in [0.29, 0.717) is 17.3 Å². The van der Waals surface area contributed by atoms with Gasteiger partial charge >= 0.3 is 0 Å². The Bertz CT molecular complexity index is 651. The summed E-state index contributed by atoms with van der Waals surface area (Å²) in [6.07, 6.45) is 0.169. The smallest absolute Gasteiger partial charge is 0.255 e. The molecular weight excluding hydrogens is 254 g/mol. The molecule has 2 aromatic carbocycles. The fraction of sp³-hybridized carbons (Fsp3) is 0.0667. The Labute approximate surface area is 116 Å². The lowest BCUT2D eigenvalue weighted by molar-refractivity contribution is -0.116. The molecule has 3 rings (SSSR count). The third-order valence-corrected chi connectivity index (χ3v) is 2.86. The van der Waals surface area contributed by atoms with Gasteiger partial charge in [-0.25, -0.2) is 0 Å². The van der Waals surface area contributed by atoms with Gasteiger partial charge in [0, 0.05) is 0 Å². The number of carbonyl (C=O) groups is 1. The highest BCUT2D eigenvalue weighted by molar-refractivity contribution is 6.11. The van der Waals surface area contributed by atoms with Crippen LogP contribution in [0.3, 0.4) is 0 Å². The molecule has 0 fully saturated rings. The topological polar surface area (TPSA) is 67.9 Å². The molecule has 0 spiro atoms. The van der Waals surface area contributed by atoms with Gasteiger partial charge in [0.2, 0.25) is 0 Å². The minimum atomic E-state index is -0.126. The second kappa shape index (κ2) is 5.05. The van der Waals surface area contributed by atoms with Gasteiger partial charge in [0.25, 0.3) is 5.91 Å². The first-order valence-electron chi connectivity index (χ1n) is 6.21. The molecule has 2 N–H and O–H groups in total. The van der Waals surface area contributed by atoms with Gasteiger partial charge in [-0.2, -0.15) is 10.1 Å². The van der Waals surface area contributed by atoms with Crippen LogP contribution in [0.15, 0.2) is 59.7 Å². The van der Waals surface area contributed by atoms with Crippen molar-refractivity contribution in [2.24, 2.45) is 10.8 Å².